The largest absolute Gasteiger partial charge is 0.317 e. The molecule has 54 valence electrons. The van der Waals surface area contributed by atoms with E-state index in [2.05, 4.69) is 19.2 Å². The fourth-order valence-electron chi connectivity index (χ4n) is 1.35. The van der Waals surface area contributed by atoms with Gasteiger partial charge in [0.2, 0.25) is 0 Å². The zero-order valence-electron chi connectivity index (χ0n) is 6.48. The minimum Gasteiger partial charge on any atom is -0.317 e. The average molecular weight is 127 g/mol. The first kappa shape index (κ1) is 7.07. The van der Waals surface area contributed by atoms with E-state index in [0.717, 1.165) is 11.8 Å². The molecule has 9 heavy (non-hydrogen) atoms. The summed E-state index contributed by atoms with van der Waals surface area (Å²) in [5.41, 5.74) is 0. The van der Waals surface area contributed by atoms with E-state index >= 15 is 0 Å². The van der Waals surface area contributed by atoms with Crippen LogP contribution in [0.3, 0.4) is 0 Å². The van der Waals surface area contributed by atoms with Crippen LogP contribution >= 0.6 is 0 Å². The molecule has 1 nitrogen and oxygen atoms in total. The normalized spacial score (nSPS) is 38.0. The summed E-state index contributed by atoms with van der Waals surface area (Å²) in [6.07, 6.45) is 2.72. The fraction of sp³-hybridized carbons (Fsp3) is 1.00. The Morgan fingerprint density at radius 2 is 1.44 bits per heavy atom. The Kier molecular flexibility index (Phi) is 2.52. The van der Waals surface area contributed by atoms with Crippen LogP contribution in [0.2, 0.25) is 0 Å². The van der Waals surface area contributed by atoms with Crippen LogP contribution in [0.15, 0.2) is 0 Å². The Hall–Kier alpha value is -0.0400. The van der Waals surface area contributed by atoms with Crippen LogP contribution < -0.4 is 5.32 Å². The Morgan fingerprint density at radius 3 is 1.89 bits per heavy atom. The molecule has 0 amide bonds. The van der Waals surface area contributed by atoms with Crippen LogP contribution in [-0.4, -0.2) is 13.1 Å². The van der Waals surface area contributed by atoms with Gasteiger partial charge in [-0.05, 0) is 37.8 Å². The average Bonchev–Trinajstić information content (AvgIpc) is 1.99. The second-order valence-corrected chi connectivity index (χ2v) is 3.28. The molecule has 1 saturated heterocycles. The summed E-state index contributed by atoms with van der Waals surface area (Å²) >= 11 is 0. The number of hydrogen-bond acceptors (Lipinski definition) is 1. The maximum Gasteiger partial charge on any atom is -0.00463 e. The zero-order chi connectivity index (χ0) is 6.69. The van der Waals surface area contributed by atoms with E-state index in [9.17, 15) is 0 Å². The molecule has 1 heterocycles. The van der Waals surface area contributed by atoms with Crippen LogP contribution in [0.25, 0.3) is 0 Å². The van der Waals surface area contributed by atoms with E-state index in [1.54, 1.807) is 0 Å². The van der Waals surface area contributed by atoms with Crippen molar-refractivity contribution in [3.63, 3.8) is 0 Å². The summed E-state index contributed by atoms with van der Waals surface area (Å²) in [5, 5.41) is 3.41. The lowest BCUT2D eigenvalue weighted by atomic mass is 9.92. The third-order valence-electron chi connectivity index (χ3n) is 2.52. The molecule has 1 rings (SSSR count). The van der Waals surface area contributed by atoms with Crippen molar-refractivity contribution in [1.82, 2.24) is 5.32 Å². The third-order valence-corrected chi connectivity index (χ3v) is 2.52. The summed E-state index contributed by atoms with van der Waals surface area (Å²) < 4.78 is 0. The fourth-order valence-corrected chi connectivity index (χ4v) is 1.35. The molecule has 0 aromatic rings. The molecule has 2 atom stereocenters. The van der Waals surface area contributed by atoms with E-state index in [1.165, 1.54) is 25.9 Å². The van der Waals surface area contributed by atoms with Crippen LogP contribution in [0.5, 0.6) is 0 Å². The standard InChI is InChI=1S/C8H17N/c1-7-3-5-9-6-4-8(7)2/h7-9H,3-6H2,1-2H3/t7-,8+. The highest BCUT2D eigenvalue weighted by Gasteiger charge is 2.13. The van der Waals surface area contributed by atoms with E-state index in [4.69, 9.17) is 0 Å². The highest BCUT2D eigenvalue weighted by atomic mass is 14.9. The van der Waals surface area contributed by atoms with Gasteiger partial charge in [0.05, 0.1) is 0 Å². The second kappa shape index (κ2) is 3.21. The van der Waals surface area contributed by atoms with Gasteiger partial charge in [-0.2, -0.15) is 0 Å². The molecule has 0 bridgehead atoms. The molecular formula is C8H17N. The van der Waals surface area contributed by atoms with Crippen LogP contribution in [0.4, 0.5) is 0 Å². The first-order valence-corrected chi connectivity index (χ1v) is 4.01. The first-order valence-electron chi connectivity index (χ1n) is 4.01. The van der Waals surface area contributed by atoms with Crippen molar-refractivity contribution in [1.29, 1.82) is 0 Å². The summed E-state index contributed by atoms with van der Waals surface area (Å²) in [5.74, 6) is 1.86. The maximum absolute atomic E-state index is 3.41. The monoisotopic (exact) mass is 127 g/mol. The van der Waals surface area contributed by atoms with Crippen LogP contribution in [-0.2, 0) is 0 Å². The molecule has 0 spiro atoms. The van der Waals surface area contributed by atoms with Crippen molar-refractivity contribution in [3.05, 3.63) is 0 Å². The van der Waals surface area contributed by atoms with Gasteiger partial charge in [-0.1, -0.05) is 13.8 Å². The van der Waals surface area contributed by atoms with E-state index < -0.39 is 0 Å². The number of hydrogen-bond donors (Lipinski definition) is 1. The predicted octanol–water partition coefficient (Wildman–Crippen LogP) is 1.64. The molecule has 1 aliphatic rings. The van der Waals surface area contributed by atoms with Crippen molar-refractivity contribution in [2.45, 2.75) is 26.7 Å². The molecule has 0 aromatic heterocycles. The number of nitrogens with one attached hydrogen (secondary N) is 1. The van der Waals surface area contributed by atoms with Crippen molar-refractivity contribution in [2.24, 2.45) is 11.8 Å². The van der Waals surface area contributed by atoms with Gasteiger partial charge >= 0.3 is 0 Å². The smallest absolute Gasteiger partial charge is 0.00463 e. The van der Waals surface area contributed by atoms with E-state index in [-0.39, 0.29) is 0 Å². The Balaban J connectivity index is 2.32. The van der Waals surface area contributed by atoms with Gasteiger partial charge in [0.15, 0.2) is 0 Å². The Labute approximate surface area is 57.8 Å². The van der Waals surface area contributed by atoms with Gasteiger partial charge in [0.25, 0.3) is 0 Å². The van der Waals surface area contributed by atoms with E-state index in [1.807, 2.05) is 0 Å². The Bertz CT molecular complexity index is 70.6. The Morgan fingerprint density at radius 1 is 1.00 bits per heavy atom. The van der Waals surface area contributed by atoms with Crippen molar-refractivity contribution in [3.8, 4) is 0 Å². The van der Waals surface area contributed by atoms with Crippen molar-refractivity contribution in [2.75, 3.05) is 13.1 Å². The van der Waals surface area contributed by atoms with Gasteiger partial charge in [-0.3, -0.25) is 0 Å². The second-order valence-electron chi connectivity index (χ2n) is 3.28. The number of rotatable bonds is 0. The summed E-state index contributed by atoms with van der Waals surface area (Å²) in [6, 6.07) is 0. The summed E-state index contributed by atoms with van der Waals surface area (Å²) in [4.78, 5) is 0. The van der Waals surface area contributed by atoms with Gasteiger partial charge in [-0.15, -0.1) is 0 Å². The molecular weight excluding hydrogens is 110 g/mol. The molecule has 0 aliphatic carbocycles. The lowest BCUT2D eigenvalue weighted by Gasteiger charge is -2.14. The van der Waals surface area contributed by atoms with Gasteiger partial charge in [0, 0.05) is 0 Å². The molecule has 1 N–H and O–H groups in total. The summed E-state index contributed by atoms with van der Waals surface area (Å²) in [7, 11) is 0. The maximum atomic E-state index is 3.41. The van der Waals surface area contributed by atoms with Gasteiger partial charge < -0.3 is 5.32 Å². The van der Waals surface area contributed by atoms with Gasteiger partial charge in [0.1, 0.15) is 0 Å². The van der Waals surface area contributed by atoms with Crippen molar-refractivity contribution < 1.29 is 0 Å². The molecule has 1 aliphatic heterocycles. The highest BCUT2D eigenvalue weighted by molar-refractivity contribution is 4.68. The van der Waals surface area contributed by atoms with Crippen LogP contribution in [0.1, 0.15) is 26.7 Å². The molecule has 1 heteroatoms. The first-order chi connectivity index (χ1) is 4.30. The lowest BCUT2D eigenvalue weighted by Crippen LogP contribution is -2.13. The quantitative estimate of drug-likeness (QED) is 0.521. The van der Waals surface area contributed by atoms with Crippen LogP contribution in [0, 0.1) is 11.8 Å². The highest BCUT2D eigenvalue weighted by Crippen LogP contribution is 2.19. The van der Waals surface area contributed by atoms with E-state index in [0.29, 0.717) is 0 Å². The summed E-state index contributed by atoms with van der Waals surface area (Å²) in [6.45, 7) is 7.17. The molecule has 0 aromatic carbocycles. The van der Waals surface area contributed by atoms with Gasteiger partial charge in [-0.25, -0.2) is 0 Å². The third kappa shape index (κ3) is 1.98. The lowest BCUT2D eigenvalue weighted by molar-refractivity contribution is 0.378. The predicted molar refractivity (Wildman–Crippen MR) is 40.4 cm³/mol. The SMILES string of the molecule is C[C@@H]1CCNCC[C@@H]1C. The van der Waals surface area contributed by atoms with Crippen molar-refractivity contribution >= 4 is 0 Å². The molecule has 0 unspecified atom stereocenters. The minimum atomic E-state index is 0.931. The molecule has 0 saturated carbocycles. The molecule has 1 fully saturated rings. The topological polar surface area (TPSA) is 12.0 Å². The molecule has 0 radical (unpaired) electrons. The zero-order valence-corrected chi connectivity index (χ0v) is 6.48. The minimum absolute atomic E-state index is 0.931.